The van der Waals surface area contributed by atoms with Crippen LogP contribution in [-0.2, 0) is 10.4 Å². The molecule has 0 aliphatic rings. The molecule has 32 valence electrons. The van der Waals surface area contributed by atoms with Crippen LogP contribution in [0.15, 0.2) is 0 Å². The Morgan fingerprint density at radius 3 is 1.14 bits per heavy atom. The van der Waals surface area contributed by atoms with Gasteiger partial charge in [0, 0.05) is 10.4 Å². The van der Waals surface area contributed by atoms with Gasteiger partial charge < -0.3 is 9.11 Å². The van der Waals surface area contributed by atoms with Crippen molar-refractivity contribution in [3.63, 3.8) is 0 Å². The molecule has 7 heteroatoms. The SMILES string of the molecule is O=S(=O)([O-])[O-].[Ba+2].[Mg+2]. The van der Waals surface area contributed by atoms with Crippen molar-refractivity contribution in [3.8, 4) is 0 Å². The predicted molar refractivity (Wildman–Crippen MR) is 22.0 cm³/mol. The second kappa shape index (κ2) is 6.33. The molecule has 0 spiro atoms. The summed E-state index contributed by atoms with van der Waals surface area (Å²) in [5, 5.41) is 0. The van der Waals surface area contributed by atoms with Crippen molar-refractivity contribution in [2.75, 3.05) is 0 Å². The van der Waals surface area contributed by atoms with E-state index < -0.39 is 10.4 Å². The van der Waals surface area contributed by atoms with Crippen molar-refractivity contribution in [3.05, 3.63) is 0 Å². The topological polar surface area (TPSA) is 80.3 Å². The van der Waals surface area contributed by atoms with Crippen LogP contribution >= 0.6 is 0 Å². The van der Waals surface area contributed by atoms with Gasteiger partial charge in [0.05, 0.1) is 0 Å². The fourth-order valence-electron chi connectivity index (χ4n) is 0. The van der Waals surface area contributed by atoms with E-state index in [4.69, 9.17) is 17.5 Å². The van der Waals surface area contributed by atoms with Crippen molar-refractivity contribution in [2.24, 2.45) is 0 Å². The van der Waals surface area contributed by atoms with Crippen molar-refractivity contribution < 1.29 is 17.5 Å². The third kappa shape index (κ3) is 64.9. The van der Waals surface area contributed by atoms with Gasteiger partial charge in [-0.3, -0.25) is 8.42 Å². The van der Waals surface area contributed by atoms with Crippen molar-refractivity contribution in [2.45, 2.75) is 0 Å². The van der Waals surface area contributed by atoms with E-state index in [1.54, 1.807) is 0 Å². The molecule has 0 unspecified atom stereocenters. The van der Waals surface area contributed by atoms with Crippen molar-refractivity contribution in [1.82, 2.24) is 0 Å². The summed E-state index contributed by atoms with van der Waals surface area (Å²) in [6, 6.07) is 0. The summed E-state index contributed by atoms with van der Waals surface area (Å²) in [5.74, 6) is 0. The largest absolute Gasteiger partial charge is 2.00 e. The standard InChI is InChI=1S/Ba.Mg.H2O4S/c;;1-5(2,3)4/h;;(H2,1,2,3,4)/q2*+2;/p-2. The molecule has 0 rings (SSSR count). The molecule has 0 amide bonds. The molecule has 0 aromatic heterocycles. The Balaban J connectivity index is -0.0000000800. The average Bonchev–Trinajstić information content (AvgIpc) is 0.722. The monoisotopic (exact) mass is 258 g/mol. The van der Waals surface area contributed by atoms with E-state index in [1.165, 1.54) is 0 Å². The molecule has 0 bridgehead atoms. The summed E-state index contributed by atoms with van der Waals surface area (Å²) in [6.45, 7) is 0. The van der Waals surface area contributed by atoms with Gasteiger partial charge >= 0.3 is 71.9 Å². The van der Waals surface area contributed by atoms with Crippen LogP contribution in [0.1, 0.15) is 0 Å². The third-order valence-electron chi connectivity index (χ3n) is 0. The molecule has 0 saturated heterocycles. The number of hydrogen-bond donors (Lipinski definition) is 0. The zero-order valence-electron chi connectivity index (χ0n) is 3.46. The summed E-state index contributed by atoms with van der Waals surface area (Å²) >= 11 is 0. The second-order valence-corrected chi connectivity index (χ2v) is 1.22. The molecule has 7 heavy (non-hydrogen) atoms. The summed E-state index contributed by atoms with van der Waals surface area (Å²) in [6.07, 6.45) is 0. The second-order valence-electron chi connectivity index (χ2n) is 0.408. The number of rotatable bonds is 0. The maximum atomic E-state index is 8.52. The van der Waals surface area contributed by atoms with Gasteiger partial charge in [-0.25, -0.2) is 0 Å². The molecule has 0 fully saturated rings. The van der Waals surface area contributed by atoms with Gasteiger partial charge in [-0.1, -0.05) is 0 Å². The van der Waals surface area contributed by atoms with Gasteiger partial charge in [0.2, 0.25) is 0 Å². The minimum absolute atomic E-state index is 0. The molecular formula is BaMgO4S+2. The Morgan fingerprint density at radius 2 is 1.14 bits per heavy atom. The van der Waals surface area contributed by atoms with Crippen LogP contribution in [-0.4, -0.2) is 89.5 Å². The van der Waals surface area contributed by atoms with Gasteiger partial charge in [-0.15, -0.1) is 0 Å². The van der Waals surface area contributed by atoms with Crippen molar-refractivity contribution >= 4 is 82.3 Å². The van der Waals surface area contributed by atoms with E-state index in [0.29, 0.717) is 0 Å². The molecule has 0 saturated carbocycles. The van der Waals surface area contributed by atoms with Crippen LogP contribution in [0, 0.1) is 0 Å². The first-order valence-corrected chi connectivity index (χ1v) is 2.00. The number of hydrogen-bond acceptors (Lipinski definition) is 4. The maximum absolute atomic E-state index is 8.52. The van der Waals surface area contributed by atoms with Gasteiger partial charge in [0.15, 0.2) is 0 Å². The normalized spacial score (nSPS) is 8.29. The average molecular weight is 258 g/mol. The Kier molecular flexibility index (Phi) is 14.6. The summed E-state index contributed by atoms with van der Waals surface area (Å²) < 4.78 is 34.1. The van der Waals surface area contributed by atoms with E-state index in [2.05, 4.69) is 0 Å². The van der Waals surface area contributed by atoms with E-state index >= 15 is 0 Å². The quantitative estimate of drug-likeness (QED) is 0.283. The van der Waals surface area contributed by atoms with Crippen LogP contribution in [0.5, 0.6) is 0 Å². The first-order valence-electron chi connectivity index (χ1n) is 0.667. The molecular weight excluding hydrogens is 258 g/mol. The molecule has 0 aromatic rings. The molecule has 4 nitrogen and oxygen atoms in total. The minimum atomic E-state index is -5.17. The van der Waals surface area contributed by atoms with Crippen molar-refractivity contribution in [1.29, 1.82) is 0 Å². The Labute approximate surface area is 97.9 Å². The minimum Gasteiger partial charge on any atom is -0.759 e. The first-order chi connectivity index (χ1) is 2.00. The fraction of sp³-hybridized carbons (Fsp3) is 0. The molecule has 0 N–H and O–H groups in total. The molecule has 0 heterocycles. The van der Waals surface area contributed by atoms with Gasteiger partial charge in [0.25, 0.3) is 0 Å². The van der Waals surface area contributed by atoms with Crippen LogP contribution in [0.4, 0.5) is 0 Å². The maximum Gasteiger partial charge on any atom is 2.00 e. The van der Waals surface area contributed by atoms with E-state index in [1.807, 2.05) is 0 Å². The van der Waals surface area contributed by atoms with Crippen LogP contribution < -0.4 is 0 Å². The van der Waals surface area contributed by atoms with Crippen LogP contribution in [0.2, 0.25) is 0 Å². The third-order valence-corrected chi connectivity index (χ3v) is 0. The molecule has 0 aliphatic carbocycles. The first kappa shape index (κ1) is 16.1. The zero-order valence-corrected chi connectivity index (χ0v) is 10.1. The molecule has 0 aliphatic heterocycles. The van der Waals surface area contributed by atoms with E-state index in [0.717, 1.165) is 0 Å². The Bertz CT molecular complexity index is 94.9. The van der Waals surface area contributed by atoms with Gasteiger partial charge in [-0.2, -0.15) is 0 Å². The molecule has 0 radical (unpaired) electrons. The summed E-state index contributed by atoms with van der Waals surface area (Å²) in [5.41, 5.74) is 0. The fourth-order valence-corrected chi connectivity index (χ4v) is 0. The Hall–Kier alpha value is 2.21. The summed E-state index contributed by atoms with van der Waals surface area (Å²) in [7, 11) is -5.17. The van der Waals surface area contributed by atoms with E-state index in [9.17, 15) is 0 Å². The van der Waals surface area contributed by atoms with Crippen LogP contribution in [0.3, 0.4) is 0 Å². The van der Waals surface area contributed by atoms with E-state index in [-0.39, 0.29) is 71.9 Å². The molecule has 0 atom stereocenters. The van der Waals surface area contributed by atoms with Gasteiger partial charge in [0.1, 0.15) is 0 Å². The van der Waals surface area contributed by atoms with Gasteiger partial charge in [-0.05, 0) is 0 Å². The Morgan fingerprint density at radius 1 is 1.14 bits per heavy atom. The smallest absolute Gasteiger partial charge is 0.759 e. The zero-order chi connectivity index (χ0) is 4.50. The summed E-state index contributed by atoms with van der Waals surface area (Å²) in [4.78, 5) is 0. The predicted octanol–water partition coefficient (Wildman–Crippen LogP) is -2.10. The van der Waals surface area contributed by atoms with Crippen LogP contribution in [0.25, 0.3) is 0 Å². The molecule has 0 aromatic carbocycles.